The highest BCUT2D eigenvalue weighted by Gasteiger charge is 2.24. The normalized spacial score (nSPS) is 13.0. The average molecular weight is 404 g/mol. The first-order valence-electron chi connectivity index (χ1n) is 5.89. The third-order valence-electron chi connectivity index (χ3n) is 2.35. The van der Waals surface area contributed by atoms with Crippen molar-refractivity contribution >= 4 is 41.6 Å². The second-order valence-corrected chi connectivity index (χ2v) is 7.41. The molecule has 1 aromatic carbocycles. The SMILES string of the molecule is CCOCC(C)OC(=O)c1cc(F)cc(S(=O)(=O)Cl)c1Br. The van der Waals surface area contributed by atoms with Gasteiger partial charge in [-0.3, -0.25) is 0 Å². The summed E-state index contributed by atoms with van der Waals surface area (Å²) < 4.78 is 46.1. The van der Waals surface area contributed by atoms with Gasteiger partial charge in [-0.1, -0.05) is 0 Å². The van der Waals surface area contributed by atoms with Crippen LogP contribution >= 0.6 is 26.6 Å². The van der Waals surface area contributed by atoms with Crippen molar-refractivity contribution in [3.63, 3.8) is 0 Å². The summed E-state index contributed by atoms with van der Waals surface area (Å²) >= 11 is 2.93. The smallest absolute Gasteiger partial charge is 0.339 e. The second kappa shape index (κ2) is 7.53. The number of carbonyl (C=O) groups excluding carboxylic acids is 1. The van der Waals surface area contributed by atoms with Gasteiger partial charge < -0.3 is 9.47 Å². The van der Waals surface area contributed by atoms with Gasteiger partial charge in [0, 0.05) is 17.3 Å². The molecule has 0 aliphatic carbocycles. The zero-order valence-corrected chi connectivity index (χ0v) is 14.4. The molecule has 0 spiro atoms. The minimum absolute atomic E-state index is 0.146. The molecule has 5 nitrogen and oxygen atoms in total. The van der Waals surface area contributed by atoms with Crippen molar-refractivity contribution in [1.82, 2.24) is 0 Å². The van der Waals surface area contributed by atoms with E-state index < -0.39 is 31.8 Å². The Hall–Kier alpha value is -0.700. The highest BCUT2D eigenvalue weighted by atomic mass is 79.9. The fourth-order valence-corrected chi connectivity index (χ4v) is 3.71. The molecular weight excluding hydrogens is 391 g/mol. The predicted molar refractivity (Wildman–Crippen MR) is 78.5 cm³/mol. The number of ether oxygens (including phenoxy) is 2. The van der Waals surface area contributed by atoms with Gasteiger partial charge in [0.15, 0.2) is 0 Å². The van der Waals surface area contributed by atoms with Gasteiger partial charge in [-0.25, -0.2) is 17.6 Å². The summed E-state index contributed by atoms with van der Waals surface area (Å²) in [7, 11) is 0.988. The van der Waals surface area contributed by atoms with E-state index in [-0.39, 0.29) is 16.6 Å². The summed E-state index contributed by atoms with van der Waals surface area (Å²) in [5.74, 6) is -1.79. The molecule has 0 bridgehead atoms. The van der Waals surface area contributed by atoms with Gasteiger partial charge >= 0.3 is 5.97 Å². The molecule has 118 valence electrons. The van der Waals surface area contributed by atoms with Crippen LogP contribution in [-0.2, 0) is 18.5 Å². The summed E-state index contributed by atoms with van der Waals surface area (Å²) in [4.78, 5) is 11.4. The lowest BCUT2D eigenvalue weighted by Crippen LogP contribution is -2.21. The third-order valence-corrected chi connectivity index (χ3v) is 4.81. The van der Waals surface area contributed by atoms with Crippen LogP contribution in [0.1, 0.15) is 24.2 Å². The van der Waals surface area contributed by atoms with E-state index in [1.165, 1.54) is 0 Å². The Balaban J connectivity index is 3.08. The monoisotopic (exact) mass is 402 g/mol. The van der Waals surface area contributed by atoms with Gasteiger partial charge in [-0.2, -0.15) is 0 Å². The number of hydrogen-bond donors (Lipinski definition) is 0. The van der Waals surface area contributed by atoms with Crippen LogP contribution in [0, 0.1) is 5.82 Å². The molecule has 0 saturated carbocycles. The van der Waals surface area contributed by atoms with E-state index in [1.54, 1.807) is 13.8 Å². The molecule has 0 N–H and O–H groups in total. The Labute approximate surface area is 134 Å². The van der Waals surface area contributed by atoms with Crippen LogP contribution in [0.5, 0.6) is 0 Å². The Bertz CT molecular complexity index is 635. The Kier molecular flexibility index (Phi) is 6.58. The van der Waals surface area contributed by atoms with Crippen LogP contribution in [-0.4, -0.2) is 33.7 Å². The van der Waals surface area contributed by atoms with Crippen LogP contribution in [0.15, 0.2) is 21.5 Å². The summed E-state index contributed by atoms with van der Waals surface area (Å²) in [6, 6.07) is 1.58. The fraction of sp³-hybridized carbons (Fsp3) is 0.417. The van der Waals surface area contributed by atoms with Crippen LogP contribution in [0.2, 0.25) is 0 Å². The zero-order chi connectivity index (χ0) is 16.2. The van der Waals surface area contributed by atoms with Crippen LogP contribution < -0.4 is 0 Å². The van der Waals surface area contributed by atoms with E-state index in [0.717, 1.165) is 6.07 Å². The first kappa shape index (κ1) is 18.3. The maximum atomic E-state index is 13.5. The molecule has 1 atom stereocenters. The number of hydrogen-bond acceptors (Lipinski definition) is 5. The first-order chi connectivity index (χ1) is 9.66. The zero-order valence-electron chi connectivity index (χ0n) is 11.2. The lowest BCUT2D eigenvalue weighted by atomic mass is 10.2. The lowest BCUT2D eigenvalue weighted by Gasteiger charge is -2.14. The van der Waals surface area contributed by atoms with Gasteiger partial charge in [0.05, 0.1) is 16.6 Å². The fourth-order valence-electron chi connectivity index (χ4n) is 1.45. The number of halogens is 3. The number of rotatable bonds is 6. The molecule has 0 aliphatic heterocycles. The largest absolute Gasteiger partial charge is 0.457 e. The van der Waals surface area contributed by atoms with Crippen molar-refractivity contribution in [3.8, 4) is 0 Å². The van der Waals surface area contributed by atoms with E-state index in [2.05, 4.69) is 15.9 Å². The standard InChI is InChI=1S/C12H13BrClFO5S/c1-3-19-6-7(2)20-12(16)9-4-8(15)5-10(11(9)13)21(14,17)18/h4-5,7H,3,6H2,1-2H3. The van der Waals surface area contributed by atoms with Crippen LogP contribution in [0.25, 0.3) is 0 Å². The Morgan fingerprint density at radius 2 is 2.10 bits per heavy atom. The molecule has 1 unspecified atom stereocenters. The number of benzene rings is 1. The molecule has 9 heteroatoms. The highest BCUT2D eigenvalue weighted by Crippen LogP contribution is 2.30. The van der Waals surface area contributed by atoms with Crippen molar-refractivity contribution in [3.05, 3.63) is 28.0 Å². The van der Waals surface area contributed by atoms with Gasteiger partial charge in [0.25, 0.3) is 9.05 Å². The molecule has 0 saturated heterocycles. The van der Waals surface area contributed by atoms with Crippen LogP contribution in [0.4, 0.5) is 4.39 Å². The maximum absolute atomic E-state index is 13.5. The van der Waals surface area contributed by atoms with E-state index in [0.29, 0.717) is 12.7 Å². The van der Waals surface area contributed by atoms with Crippen molar-refractivity contribution in [2.75, 3.05) is 13.2 Å². The molecule has 1 aromatic rings. The lowest BCUT2D eigenvalue weighted by molar-refractivity contribution is 0.00424. The maximum Gasteiger partial charge on any atom is 0.339 e. The number of carbonyl (C=O) groups is 1. The van der Waals surface area contributed by atoms with Gasteiger partial charge in [0.1, 0.15) is 16.8 Å². The summed E-state index contributed by atoms with van der Waals surface area (Å²) in [5, 5.41) is 0. The molecule has 1 rings (SSSR count). The average Bonchev–Trinajstić information content (AvgIpc) is 2.37. The van der Waals surface area contributed by atoms with Crippen molar-refractivity contribution in [1.29, 1.82) is 0 Å². The summed E-state index contributed by atoms with van der Waals surface area (Å²) in [6.07, 6.45) is -0.566. The molecule has 21 heavy (non-hydrogen) atoms. The molecule has 0 fully saturated rings. The topological polar surface area (TPSA) is 69.7 Å². The third kappa shape index (κ3) is 5.21. The summed E-state index contributed by atoms with van der Waals surface area (Å²) in [6.45, 7) is 4.02. The van der Waals surface area contributed by atoms with E-state index in [1.807, 2.05) is 0 Å². The summed E-state index contributed by atoms with van der Waals surface area (Å²) in [5.41, 5.74) is -0.266. The number of esters is 1. The molecule has 0 radical (unpaired) electrons. The van der Waals surface area contributed by atoms with Crippen molar-refractivity contribution in [2.24, 2.45) is 0 Å². The minimum atomic E-state index is -4.20. The van der Waals surface area contributed by atoms with E-state index in [4.69, 9.17) is 20.2 Å². The Morgan fingerprint density at radius 1 is 1.48 bits per heavy atom. The van der Waals surface area contributed by atoms with Gasteiger partial charge in [-0.15, -0.1) is 0 Å². The van der Waals surface area contributed by atoms with E-state index in [9.17, 15) is 17.6 Å². The highest BCUT2D eigenvalue weighted by molar-refractivity contribution is 9.10. The second-order valence-electron chi connectivity index (χ2n) is 4.08. The van der Waals surface area contributed by atoms with Crippen molar-refractivity contribution < 1.29 is 27.1 Å². The minimum Gasteiger partial charge on any atom is -0.457 e. The van der Waals surface area contributed by atoms with E-state index >= 15 is 0 Å². The predicted octanol–water partition coefficient (Wildman–Crippen LogP) is 3.10. The molecule has 0 heterocycles. The van der Waals surface area contributed by atoms with Gasteiger partial charge in [0.2, 0.25) is 0 Å². The molecule has 0 amide bonds. The van der Waals surface area contributed by atoms with Gasteiger partial charge in [-0.05, 0) is 41.9 Å². The quantitative estimate of drug-likeness (QED) is 0.539. The molecular formula is C12H13BrClFO5S. The van der Waals surface area contributed by atoms with Crippen LogP contribution in [0.3, 0.4) is 0 Å². The first-order valence-corrected chi connectivity index (χ1v) is 8.99. The molecule has 0 aliphatic rings. The molecule has 0 aromatic heterocycles. The van der Waals surface area contributed by atoms with Crippen molar-refractivity contribution in [2.45, 2.75) is 24.8 Å². The Morgan fingerprint density at radius 3 is 2.62 bits per heavy atom.